The van der Waals surface area contributed by atoms with E-state index in [1.165, 1.54) is 11.3 Å². The van der Waals surface area contributed by atoms with Gasteiger partial charge in [-0.05, 0) is 66.1 Å². The van der Waals surface area contributed by atoms with E-state index >= 15 is 0 Å². The number of nitrogens with two attached hydrogens (primary N) is 3. The number of H-pyrrole nitrogens is 1. The molecule has 12 N–H and O–H groups in total. The smallest absolute Gasteiger partial charge is 0.243 e. The molecule has 0 radical (unpaired) electrons. The van der Waals surface area contributed by atoms with Crippen LogP contribution in [-0.2, 0) is 41.6 Å². The summed E-state index contributed by atoms with van der Waals surface area (Å²) in [6.45, 7) is 0.435. The molecule has 3 heterocycles. The number of guanidine groups is 1. The summed E-state index contributed by atoms with van der Waals surface area (Å²) >= 11 is 1.50. The lowest BCUT2D eigenvalue weighted by molar-refractivity contribution is -0.134. The lowest BCUT2D eigenvalue weighted by Gasteiger charge is -2.26. The molecule has 4 atom stereocenters. The first-order valence-corrected chi connectivity index (χ1v) is 19.2. The van der Waals surface area contributed by atoms with Gasteiger partial charge in [0.1, 0.15) is 24.2 Å². The lowest BCUT2D eigenvalue weighted by Crippen LogP contribution is -2.58. The van der Waals surface area contributed by atoms with Gasteiger partial charge in [0.05, 0.1) is 0 Å². The number of aromatic amines is 1. The number of aromatic nitrogens is 1. The van der Waals surface area contributed by atoms with Gasteiger partial charge in [-0.25, -0.2) is 0 Å². The van der Waals surface area contributed by atoms with Crippen LogP contribution in [0, 0.1) is 0 Å². The summed E-state index contributed by atoms with van der Waals surface area (Å²) in [4.78, 5) is 87.8. The number of benzene rings is 2. The highest BCUT2D eigenvalue weighted by Crippen LogP contribution is 2.27. The first-order valence-electron chi connectivity index (χ1n) is 18.3. The van der Waals surface area contributed by atoms with Crippen molar-refractivity contribution in [3.05, 3.63) is 71.2 Å². The molecular formula is C38H48N10O6S. The molecule has 55 heavy (non-hydrogen) atoms. The minimum atomic E-state index is -1.19. The van der Waals surface area contributed by atoms with E-state index in [1.807, 2.05) is 53.9 Å². The average molecular weight is 773 g/mol. The monoisotopic (exact) mass is 772 g/mol. The maximum atomic E-state index is 14.2. The Morgan fingerprint density at radius 3 is 2.18 bits per heavy atom. The molecule has 2 aromatic carbocycles. The van der Waals surface area contributed by atoms with Crippen molar-refractivity contribution in [3.63, 3.8) is 0 Å². The van der Waals surface area contributed by atoms with Gasteiger partial charge in [-0.3, -0.25) is 33.8 Å². The van der Waals surface area contributed by atoms with Crippen LogP contribution in [0.25, 0.3) is 21.0 Å². The number of primary amides is 1. The SMILES string of the molecule is NC(=O)C1CCCCNC(=O)CCC(=O)N[C@H](Cc2csc3ccccc23)C(=O)N[C@@H](CCCN=C(N)N)C(=O)N[C@@H](Cc2c[nH]c3ccccc23)C(=O)N1. The van der Waals surface area contributed by atoms with E-state index < -0.39 is 53.7 Å². The number of fused-ring (bicyclic) bond motifs is 2. The molecule has 1 saturated heterocycles. The predicted molar refractivity (Wildman–Crippen MR) is 210 cm³/mol. The second-order valence-corrected chi connectivity index (χ2v) is 14.4. The van der Waals surface area contributed by atoms with Gasteiger partial charge in [0.2, 0.25) is 35.4 Å². The van der Waals surface area contributed by atoms with E-state index in [9.17, 15) is 28.8 Å². The van der Waals surface area contributed by atoms with Crippen molar-refractivity contribution in [1.29, 1.82) is 0 Å². The Morgan fingerprint density at radius 2 is 1.40 bits per heavy atom. The summed E-state index contributed by atoms with van der Waals surface area (Å²) in [5.41, 5.74) is 19.1. The van der Waals surface area contributed by atoms with E-state index in [2.05, 4.69) is 36.6 Å². The van der Waals surface area contributed by atoms with Crippen molar-refractivity contribution < 1.29 is 28.8 Å². The van der Waals surface area contributed by atoms with Crippen LogP contribution < -0.4 is 43.8 Å². The van der Waals surface area contributed by atoms with E-state index in [1.54, 1.807) is 6.20 Å². The van der Waals surface area contributed by atoms with Crippen LogP contribution in [0.15, 0.2) is 65.1 Å². The fraction of sp³-hybridized carbons (Fsp3) is 0.395. The zero-order valence-corrected chi connectivity index (χ0v) is 31.2. The molecular weight excluding hydrogens is 725 g/mol. The number of carbonyl (C=O) groups is 6. The Balaban J connectivity index is 1.47. The van der Waals surface area contributed by atoms with Crippen LogP contribution in [0.2, 0.25) is 0 Å². The fourth-order valence-corrected chi connectivity index (χ4v) is 7.48. The van der Waals surface area contributed by atoms with Crippen LogP contribution in [0.3, 0.4) is 0 Å². The van der Waals surface area contributed by atoms with Crippen LogP contribution in [-0.4, -0.2) is 83.6 Å². The summed E-state index contributed by atoms with van der Waals surface area (Å²) in [7, 11) is 0. The van der Waals surface area contributed by atoms with Crippen LogP contribution in [0.1, 0.15) is 56.1 Å². The third-order valence-corrected chi connectivity index (χ3v) is 10.4. The number of aliphatic imine (C=N–C) groups is 1. The largest absolute Gasteiger partial charge is 0.370 e. The lowest BCUT2D eigenvalue weighted by atomic mass is 10.0. The molecule has 2 aromatic heterocycles. The highest BCUT2D eigenvalue weighted by atomic mass is 32.1. The fourth-order valence-electron chi connectivity index (χ4n) is 6.51. The standard InChI is InChI=1S/C38H48N10O6S/c39-34(51)27-11-5-6-16-42-32(49)14-15-33(50)45-29(19-23-21-55-31-13-4-2-9-25(23)31)36(53)47-28(12-7-17-43-38(40)41)35(52)48-30(37(54)46-27)18-22-20-44-26-10-3-1-8-24(22)26/h1-4,8-10,13,20-21,27-30,44H,5-7,11-12,14-19H2,(H2,39,51)(H,42,49)(H,45,50)(H,46,54)(H,47,53)(H,48,52)(H4,40,41,43)/t27?,28-,29+,30-/m0/s1. The number of carbonyl (C=O) groups excluding carboxylic acids is 6. The first-order chi connectivity index (χ1) is 26.5. The van der Waals surface area contributed by atoms with Crippen LogP contribution in [0.5, 0.6) is 0 Å². The van der Waals surface area contributed by atoms with Crippen molar-refractivity contribution in [3.8, 4) is 0 Å². The Hall–Kier alpha value is -5.97. The van der Waals surface area contributed by atoms with Crippen molar-refractivity contribution >= 4 is 73.7 Å². The second-order valence-electron chi connectivity index (χ2n) is 13.5. The summed E-state index contributed by atoms with van der Waals surface area (Å²) in [6, 6.07) is 10.6. The van der Waals surface area contributed by atoms with Crippen molar-refractivity contribution in [2.75, 3.05) is 13.1 Å². The number of nitrogens with one attached hydrogen (secondary N) is 6. The minimum absolute atomic E-state index is 0.0394. The number of hydrogen-bond donors (Lipinski definition) is 9. The molecule has 4 aromatic rings. The van der Waals surface area contributed by atoms with Gasteiger partial charge in [0.15, 0.2) is 5.96 Å². The van der Waals surface area contributed by atoms with Gasteiger partial charge in [-0.15, -0.1) is 11.3 Å². The predicted octanol–water partition coefficient (Wildman–Crippen LogP) is 0.726. The van der Waals surface area contributed by atoms with Gasteiger partial charge in [0.25, 0.3) is 0 Å². The van der Waals surface area contributed by atoms with Gasteiger partial charge >= 0.3 is 0 Å². The van der Waals surface area contributed by atoms with E-state index in [4.69, 9.17) is 17.2 Å². The van der Waals surface area contributed by atoms with E-state index in [0.29, 0.717) is 12.8 Å². The molecule has 0 saturated carbocycles. The number of thiophene rings is 1. The number of para-hydroxylation sites is 1. The molecule has 0 aliphatic carbocycles. The summed E-state index contributed by atoms with van der Waals surface area (Å²) < 4.78 is 1.00. The van der Waals surface area contributed by atoms with Crippen LogP contribution in [0.4, 0.5) is 0 Å². The maximum absolute atomic E-state index is 14.2. The number of hydrogen-bond acceptors (Lipinski definition) is 8. The van der Waals surface area contributed by atoms with Gasteiger partial charge in [0, 0.05) is 60.6 Å². The second kappa shape index (κ2) is 19.4. The molecule has 6 amide bonds. The van der Waals surface area contributed by atoms with Crippen molar-refractivity contribution in [1.82, 2.24) is 31.6 Å². The van der Waals surface area contributed by atoms with Crippen molar-refractivity contribution in [2.24, 2.45) is 22.2 Å². The topological polar surface area (TPSA) is 269 Å². The Bertz CT molecular complexity index is 2040. The molecule has 1 aliphatic rings. The minimum Gasteiger partial charge on any atom is -0.370 e. The van der Waals surface area contributed by atoms with E-state index in [-0.39, 0.29) is 69.9 Å². The molecule has 0 spiro atoms. The number of amides is 6. The average Bonchev–Trinajstić information content (AvgIpc) is 3.77. The molecule has 1 aliphatic heterocycles. The molecule has 292 valence electrons. The molecule has 0 bridgehead atoms. The maximum Gasteiger partial charge on any atom is 0.243 e. The number of rotatable bonds is 9. The normalized spacial score (nSPS) is 21.1. The van der Waals surface area contributed by atoms with Gasteiger partial charge in [-0.2, -0.15) is 0 Å². The van der Waals surface area contributed by atoms with E-state index in [0.717, 1.165) is 32.1 Å². The summed E-state index contributed by atoms with van der Waals surface area (Å²) in [5, 5.41) is 17.6. The summed E-state index contributed by atoms with van der Waals surface area (Å²) in [5.74, 6) is -3.72. The Kier molecular flexibility index (Phi) is 14.2. The molecule has 1 fully saturated rings. The highest BCUT2D eigenvalue weighted by Gasteiger charge is 2.32. The Morgan fingerprint density at radius 1 is 0.745 bits per heavy atom. The molecule has 16 nitrogen and oxygen atoms in total. The van der Waals surface area contributed by atoms with Gasteiger partial charge in [-0.1, -0.05) is 36.4 Å². The zero-order valence-electron chi connectivity index (χ0n) is 30.4. The molecule has 5 rings (SSSR count). The molecule has 1 unspecified atom stereocenters. The molecule has 17 heteroatoms. The third kappa shape index (κ3) is 11.5. The van der Waals surface area contributed by atoms with Crippen LogP contribution >= 0.6 is 11.3 Å². The highest BCUT2D eigenvalue weighted by molar-refractivity contribution is 7.17. The zero-order chi connectivity index (χ0) is 39.3. The third-order valence-electron chi connectivity index (χ3n) is 9.43. The van der Waals surface area contributed by atoms with Gasteiger partial charge < -0.3 is 48.8 Å². The summed E-state index contributed by atoms with van der Waals surface area (Å²) in [6.07, 6.45) is 3.07. The number of nitrogens with zero attached hydrogens (tertiary/aromatic N) is 1. The quantitative estimate of drug-likeness (QED) is 0.0663. The first kappa shape index (κ1) is 40.2. The Labute approximate surface area is 321 Å². The van der Waals surface area contributed by atoms with Crippen molar-refractivity contribution in [2.45, 2.75) is 82.0 Å².